The molecule has 0 saturated heterocycles. The number of hydrogen-bond donors (Lipinski definition) is 1. The molecule has 0 fully saturated rings. The average Bonchev–Trinajstić information content (AvgIpc) is 2.26. The molecule has 88 valence electrons. The van der Waals surface area contributed by atoms with E-state index in [1.165, 1.54) is 11.1 Å². The summed E-state index contributed by atoms with van der Waals surface area (Å²) in [7, 11) is 0. The third kappa shape index (κ3) is 4.29. The average molecular weight is 236 g/mol. The van der Waals surface area contributed by atoms with E-state index in [0.29, 0.717) is 4.99 Å². The van der Waals surface area contributed by atoms with Gasteiger partial charge in [0.1, 0.15) is 0 Å². The molecule has 0 spiro atoms. The van der Waals surface area contributed by atoms with Crippen LogP contribution < -0.4 is 5.73 Å². The highest BCUT2D eigenvalue weighted by Gasteiger charge is 2.05. The Morgan fingerprint density at radius 1 is 1.38 bits per heavy atom. The Morgan fingerprint density at radius 3 is 2.62 bits per heavy atom. The smallest absolute Gasteiger partial charge is 0.0740 e. The zero-order chi connectivity index (χ0) is 12.0. The first kappa shape index (κ1) is 13.1. The molecule has 1 rings (SSSR count). The molecule has 0 aromatic heterocycles. The van der Waals surface area contributed by atoms with Gasteiger partial charge in [-0.15, -0.1) is 0 Å². The number of nitrogens with zero attached hydrogens (tertiary/aromatic N) is 1. The monoisotopic (exact) mass is 236 g/mol. The van der Waals surface area contributed by atoms with E-state index in [1.54, 1.807) is 0 Å². The second kappa shape index (κ2) is 6.61. The van der Waals surface area contributed by atoms with E-state index in [9.17, 15) is 0 Å². The number of aryl methyl sites for hydroxylation is 1. The van der Waals surface area contributed by atoms with Gasteiger partial charge in [0.25, 0.3) is 0 Å². The standard InChI is InChI=1S/C13H20N2S/c1-3-15(9-8-13(14)16)10-12-7-5-4-6-11(12)2/h4-7H,3,8-10H2,1-2H3,(H2,14,16). The predicted octanol–water partition coefficient (Wildman–Crippen LogP) is 2.49. The van der Waals surface area contributed by atoms with Crippen LogP contribution in [0.1, 0.15) is 24.5 Å². The molecule has 16 heavy (non-hydrogen) atoms. The summed E-state index contributed by atoms with van der Waals surface area (Å²) in [4.78, 5) is 2.96. The Morgan fingerprint density at radius 2 is 2.06 bits per heavy atom. The molecule has 0 radical (unpaired) electrons. The Bertz CT molecular complexity index is 350. The van der Waals surface area contributed by atoms with Crippen LogP contribution in [0.3, 0.4) is 0 Å². The molecular weight excluding hydrogens is 216 g/mol. The predicted molar refractivity (Wildman–Crippen MR) is 73.5 cm³/mol. The van der Waals surface area contributed by atoms with E-state index in [-0.39, 0.29) is 0 Å². The van der Waals surface area contributed by atoms with Crippen LogP contribution in [-0.2, 0) is 6.54 Å². The van der Waals surface area contributed by atoms with Gasteiger partial charge < -0.3 is 5.73 Å². The van der Waals surface area contributed by atoms with Crippen LogP contribution in [-0.4, -0.2) is 23.0 Å². The van der Waals surface area contributed by atoms with Gasteiger partial charge in [-0.25, -0.2) is 0 Å². The minimum atomic E-state index is 0.600. The number of thiocarbonyl (C=S) groups is 1. The first-order chi connectivity index (χ1) is 7.63. The van der Waals surface area contributed by atoms with E-state index >= 15 is 0 Å². The molecular formula is C13H20N2S. The third-order valence-corrected chi connectivity index (χ3v) is 2.98. The summed E-state index contributed by atoms with van der Waals surface area (Å²) in [6, 6.07) is 8.49. The lowest BCUT2D eigenvalue weighted by molar-refractivity contribution is 0.288. The van der Waals surface area contributed by atoms with Gasteiger partial charge in [0.15, 0.2) is 0 Å². The summed E-state index contributed by atoms with van der Waals surface area (Å²) < 4.78 is 0. The zero-order valence-corrected chi connectivity index (χ0v) is 10.9. The minimum absolute atomic E-state index is 0.600. The Kier molecular flexibility index (Phi) is 5.43. The first-order valence-electron chi connectivity index (χ1n) is 5.68. The molecule has 3 heteroatoms. The fourth-order valence-corrected chi connectivity index (χ4v) is 1.74. The van der Waals surface area contributed by atoms with E-state index in [2.05, 4.69) is 43.0 Å². The summed E-state index contributed by atoms with van der Waals surface area (Å²) in [5, 5.41) is 0. The van der Waals surface area contributed by atoms with Crippen LogP contribution in [0.25, 0.3) is 0 Å². The maximum atomic E-state index is 5.52. The molecule has 2 N–H and O–H groups in total. The SMILES string of the molecule is CCN(CCC(N)=S)Cc1ccccc1C. The maximum Gasteiger partial charge on any atom is 0.0740 e. The van der Waals surface area contributed by atoms with Crippen molar-refractivity contribution in [3.8, 4) is 0 Å². The molecule has 0 saturated carbocycles. The van der Waals surface area contributed by atoms with Crippen LogP contribution in [0.4, 0.5) is 0 Å². The van der Waals surface area contributed by atoms with Crippen LogP contribution in [0, 0.1) is 6.92 Å². The van der Waals surface area contributed by atoms with Gasteiger partial charge in [-0.3, -0.25) is 4.90 Å². The number of benzene rings is 1. The summed E-state index contributed by atoms with van der Waals surface area (Å²) in [5.74, 6) is 0. The van der Waals surface area contributed by atoms with Crippen molar-refractivity contribution >= 4 is 17.2 Å². The van der Waals surface area contributed by atoms with Crippen LogP contribution in [0.15, 0.2) is 24.3 Å². The highest BCUT2D eigenvalue weighted by atomic mass is 32.1. The van der Waals surface area contributed by atoms with Crippen molar-refractivity contribution in [3.63, 3.8) is 0 Å². The third-order valence-electron chi connectivity index (χ3n) is 2.78. The summed E-state index contributed by atoms with van der Waals surface area (Å²) >= 11 is 4.90. The molecule has 1 aromatic carbocycles. The van der Waals surface area contributed by atoms with Crippen molar-refractivity contribution in [3.05, 3.63) is 35.4 Å². The van der Waals surface area contributed by atoms with Crippen molar-refractivity contribution in [2.75, 3.05) is 13.1 Å². The van der Waals surface area contributed by atoms with Gasteiger partial charge in [-0.1, -0.05) is 43.4 Å². The lowest BCUT2D eigenvalue weighted by Crippen LogP contribution is -2.27. The highest BCUT2D eigenvalue weighted by Crippen LogP contribution is 2.10. The van der Waals surface area contributed by atoms with E-state index in [4.69, 9.17) is 18.0 Å². The molecule has 0 unspecified atom stereocenters. The lowest BCUT2D eigenvalue weighted by atomic mass is 10.1. The minimum Gasteiger partial charge on any atom is -0.393 e. The van der Waals surface area contributed by atoms with Gasteiger partial charge in [0, 0.05) is 19.5 Å². The number of rotatable bonds is 6. The summed E-state index contributed by atoms with van der Waals surface area (Å²) in [6.07, 6.45) is 0.801. The first-order valence-corrected chi connectivity index (χ1v) is 6.09. The van der Waals surface area contributed by atoms with Crippen LogP contribution in [0.5, 0.6) is 0 Å². The molecule has 0 atom stereocenters. The molecule has 0 bridgehead atoms. The Hall–Kier alpha value is -0.930. The fraction of sp³-hybridized carbons (Fsp3) is 0.462. The molecule has 0 aliphatic rings. The van der Waals surface area contributed by atoms with Gasteiger partial charge in [0.2, 0.25) is 0 Å². The summed E-state index contributed by atoms with van der Waals surface area (Å²) in [5.41, 5.74) is 8.25. The maximum absolute atomic E-state index is 5.52. The second-order valence-corrected chi connectivity index (χ2v) is 4.54. The lowest BCUT2D eigenvalue weighted by Gasteiger charge is -2.21. The largest absolute Gasteiger partial charge is 0.393 e. The topological polar surface area (TPSA) is 29.3 Å². The quantitative estimate of drug-likeness (QED) is 0.770. The van der Waals surface area contributed by atoms with Crippen LogP contribution in [0.2, 0.25) is 0 Å². The van der Waals surface area contributed by atoms with Crippen molar-refractivity contribution in [2.24, 2.45) is 5.73 Å². The van der Waals surface area contributed by atoms with E-state index in [0.717, 1.165) is 26.1 Å². The molecule has 0 amide bonds. The normalized spacial score (nSPS) is 10.7. The van der Waals surface area contributed by atoms with Gasteiger partial charge >= 0.3 is 0 Å². The Labute approximate surface area is 103 Å². The van der Waals surface area contributed by atoms with Crippen molar-refractivity contribution < 1.29 is 0 Å². The van der Waals surface area contributed by atoms with Crippen LogP contribution >= 0.6 is 12.2 Å². The molecule has 2 nitrogen and oxygen atoms in total. The van der Waals surface area contributed by atoms with E-state index in [1.807, 2.05) is 0 Å². The van der Waals surface area contributed by atoms with Gasteiger partial charge in [0.05, 0.1) is 4.99 Å². The highest BCUT2D eigenvalue weighted by molar-refractivity contribution is 7.80. The number of hydrogen-bond acceptors (Lipinski definition) is 2. The van der Waals surface area contributed by atoms with Gasteiger partial charge in [-0.2, -0.15) is 0 Å². The fourth-order valence-electron chi connectivity index (χ4n) is 1.65. The Balaban J connectivity index is 2.56. The van der Waals surface area contributed by atoms with E-state index < -0.39 is 0 Å². The molecule has 0 aliphatic heterocycles. The van der Waals surface area contributed by atoms with Gasteiger partial charge in [-0.05, 0) is 24.6 Å². The molecule has 0 heterocycles. The number of nitrogens with two attached hydrogens (primary N) is 1. The second-order valence-electron chi connectivity index (χ2n) is 4.01. The summed E-state index contributed by atoms with van der Waals surface area (Å²) in [6.45, 7) is 7.26. The molecule has 0 aliphatic carbocycles. The van der Waals surface area contributed by atoms with Crippen molar-refractivity contribution in [1.29, 1.82) is 0 Å². The zero-order valence-electron chi connectivity index (χ0n) is 10.1. The van der Waals surface area contributed by atoms with Crippen molar-refractivity contribution in [1.82, 2.24) is 4.90 Å². The molecule has 1 aromatic rings. The van der Waals surface area contributed by atoms with Crippen molar-refractivity contribution in [2.45, 2.75) is 26.8 Å².